The molecule has 0 amide bonds. The fourth-order valence-electron chi connectivity index (χ4n) is 3.41. The third-order valence-corrected chi connectivity index (χ3v) is 4.90. The molecule has 116 valence electrons. The minimum atomic E-state index is -0.304. The molecule has 3 rings (SSSR count). The topological polar surface area (TPSA) is 50.6 Å². The van der Waals surface area contributed by atoms with Crippen molar-refractivity contribution in [1.82, 2.24) is 14.7 Å². The number of carbonyl (C=O) groups is 1. The molecule has 1 unspecified atom stereocenters. The number of esters is 1. The van der Waals surface area contributed by atoms with E-state index < -0.39 is 0 Å². The van der Waals surface area contributed by atoms with Gasteiger partial charge in [-0.25, -0.2) is 4.79 Å². The van der Waals surface area contributed by atoms with Crippen LogP contribution in [-0.4, -0.2) is 59.5 Å². The van der Waals surface area contributed by atoms with Crippen LogP contribution in [0, 0.1) is 0 Å². The molecule has 0 aliphatic carbocycles. The zero-order valence-corrected chi connectivity index (χ0v) is 14.1. The number of rotatable bonds is 3. The predicted molar refractivity (Wildman–Crippen MR) is 83.7 cm³/mol. The number of aromatic nitrogens is 2. The molecule has 2 saturated heterocycles. The summed E-state index contributed by atoms with van der Waals surface area (Å²) in [6.45, 7) is 6.33. The van der Waals surface area contributed by atoms with Crippen LogP contribution in [-0.2, 0) is 11.8 Å². The van der Waals surface area contributed by atoms with Crippen molar-refractivity contribution in [3.63, 3.8) is 0 Å². The van der Waals surface area contributed by atoms with Crippen molar-refractivity contribution in [2.24, 2.45) is 7.05 Å². The van der Waals surface area contributed by atoms with Gasteiger partial charge in [0.1, 0.15) is 16.0 Å². The van der Waals surface area contributed by atoms with Crippen LogP contribution in [0.3, 0.4) is 0 Å². The molecule has 6 nitrogen and oxygen atoms in total. The predicted octanol–water partition coefficient (Wildman–Crippen LogP) is 1.64. The Balaban J connectivity index is 1.89. The monoisotopic (exact) mass is 356 g/mol. The summed E-state index contributed by atoms with van der Waals surface area (Å²) in [5.74, 6) is 0.563. The number of hydrogen-bond donors (Lipinski definition) is 0. The van der Waals surface area contributed by atoms with Crippen LogP contribution in [0.4, 0.5) is 5.82 Å². The molecule has 0 radical (unpaired) electrons. The van der Waals surface area contributed by atoms with Crippen molar-refractivity contribution in [1.29, 1.82) is 0 Å². The van der Waals surface area contributed by atoms with Gasteiger partial charge in [-0.1, -0.05) is 0 Å². The lowest BCUT2D eigenvalue weighted by Crippen LogP contribution is -2.51. The minimum Gasteiger partial charge on any atom is -0.462 e. The number of anilines is 1. The van der Waals surface area contributed by atoms with Crippen LogP contribution >= 0.6 is 15.9 Å². The van der Waals surface area contributed by atoms with E-state index in [9.17, 15) is 4.79 Å². The van der Waals surface area contributed by atoms with Crippen molar-refractivity contribution in [3.05, 3.63) is 10.2 Å². The molecule has 2 aliphatic heterocycles. The zero-order chi connectivity index (χ0) is 15.0. The minimum absolute atomic E-state index is 0.304. The second-order valence-corrected chi connectivity index (χ2v) is 6.36. The first-order chi connectivity index (χ1) is 10.1. The lowest BCUT2D eigenvalue weighted by atomic mass is 10.1. The fourth-order valence-corrected chi connectivity index (χ4v) is 3.99. The first-order valence-corrected chi connectivity index (χ1v) is 8.29. The number of piperazine rings is 1. The summed E-state index contributed by atoms with van der Waals surface area (Å²) < 4.78 is 7.52. The van der Waals surface area contributed by atoms with Crippen LogP contribution in [0.1, 0.15) is 30.1 Å². The maximum atomic E-state index is 12.2. The van der Waals surface area contributed by atoms with Crippen LogP contribution in [0.2, 0.25) is 0 Å². The average Bonchev–Trinajstić information content (AvgIpc) is 3.01. The van der Waals surface area contributed by atoms with Gasteiger partial charge in [0.25, 0.3) is 0 Å². The number of nitrogens with zero attached hydrogens (tertiary/aromatic N) is 4. The van der Waals surface area contributed by atoms with Crippen molar-refractivity contribution in [3.8, 4) is 0 Å². The molecule has 1 atom stereocenters. The highest BCUT2D eigenvalue weighted by Gasteiger charge is 2.34. The lowest BCUT2D eigenvalue weighted by molar-refractivity contribution is 0.0525. The molecular weight excluding hydrogens is 336 g/mol. The first-order valence-electron chi connectivity index (χ1n) is 7.50. The average molecular weight is 357 g/mol. The molecule has 7 heteroatoms. The Hall–Kier alpha value is -1.08. The van der Waals surface area contributed by atoms with Gasteiger partial charge in [0.2, 0.25) is 0 Å². The first kappa shape index (κ1) is 14.8. The molecule has 21 heavy (non-hydrogen) atoms. The largest absolute Gasteiger partial charge is 0.462 e. The Kier molecular flexibility index (Phi) is 4.21. The molecule has 1 aromatic heterocycles. The normalized spacial score (nSPS) is 22.4. The van der Waals surface area contributed by atoms with E-state index in [0.717, 1.165) is 25.5 Å². The van der Waals surface area contributed by atoms with Crippen molar-refractivity contribution < 1.29 is 9.53 Å². The summed E-state index contributed by atoms with van der Waals surface area (Å²) in [7, 11) is 1.88. The number of aryl methyl sites for hydroxylation is 1. The number of halogens is 1. The van der Waals surface area contributed by atoms with Gasteiger partial charge < -0.3 is 9.64 Å². The van der Waals surface area contributed by atoms with Crippen molar-refractivity contribution >= 4 is 27.7 Å². The summed E-state index contributed by atoms with van der Waals surface area (Å²) >= 11 is 3.39. The maximum Gasteiger partial charge on any atom is 0.344 e. The molecule has 0 N–H and O–H groups in total. The summed E-state index contributed by atoms with van der Waals surface area (Å²) in [4.78, 5) is 17.0. The molecule has 3 heterocycles. The molecule has 2 fully saturated rings. The molecule has 0 bridgehead atoms. The number of hydrogen-bond acceptors (Lipinski definition) is 5. The lowest BCUT2D eigenvalue weighted by Gasteiger charge is -2.38. The summed E-state index contributed by atoms with van der Waals surface area (Å²) in [6.07, 6.45) is 2.52. The van der Waals surface area contributed by atoms with Crippen LogP contribution < -0.4 is 4.90 Å². The molecule has 0 saturated carbocycles. The highest BCUT2D eigenvalue weighted by Crippen LogP contribution is 2.31. The van der Waals surface area contributed by atoms with Gasteiger partial charge in [-0.2, -0.15) is 5.10 Å². The molecule has 2 aliphatic rings. The zero-order valence-electron chi connectivity index (χ0n) is 12.5. The Labute approximate surface area is 133 Å². The second-order valence-electron chi connectivity index (χ2n) is 5.61. The molecular formula is C14H21BrN4O2. The van der Waals surface area contributed by atoms with E-state index in [1.807, 2.05) is 14.0 Å². The second kappa shape index (κ2) is 5.96. The quantitative estimate of drug-likeness (QED) is 0.770. The van der Waals surface area contributed by atoms with Crippen LogP contribution in [0.5, 0.6) is 0 Å². The third kappa shape index (κ3) is 2.68. The van der Waals surface area contributed by atoms with E-state index in [0.29, 0.717) is 22.8 Å². The number of ether oxygens (including phenoxy) is 1. The smallest absolute Gasteiger partial charge is 0.344 e. The summed E-state index contributed by atoms with van der Waals surface area (Å²) in [6, 6.07) is 0.600. The Morgan fingerprint density at radius 2 is 2.24 bits per heavy atom. The summed E-state index contributed by atoms with van der Waals surface area (Å²) in [5, 5.41) is 4.35. The Morgan fingerprint density at radius 1 is 1.43 bits per heavy atom. The highest BCUT2D eigenvalue weighted by atomic mass is 79.9. The van der Waals surface area contributed by atoms with Gasteiger partial charge in [0.15, 0.2) is 0 Å². The van der Waals surface area contributed by atoms with Crippen LogP contribution in [0.25, 0.3) is 0 Å². The van der Waals surface area contributed by atoms with Gasteiger partial charge in [0.05, 0.1) is 6.61 Å². The van der Waals surface area contributed by atoms with E-state index >= 15 is 0 Å². The van der Waals surface area contributed by atoms with Gasteiger partial charge >= 0.3 is 5.97 Å². The molecule has 0 spiro atoms. The van der Waals surface area contributed by atoms with E-state index in [4.69, 9.17) is 4.74 Å². The Bertz CT molecular complexity index is 545. The van der Waals surface area contributed by atoms with Gasteiger partial charge in [-0.05, 0) is 42.2 Å². The number of fused-ring (bicyclic) bond motifs is 1. The fraction of sp³-hybridized carbons (Fsp3) is 0.714. The van der Waals surface area contributed by atoms with Gasteiger partial charge in [0, 0.05) is 32.7 Å². The van der Waals surface area contributed by atoms with Gasteiger partial charge in [-0.3, -0.25) is 9.58 Å². The van der Waals surface area contributed by atoms with Gasteiger partial charge in [-0.15, -0.1) is 0 Å². The number of carbonyl (C=O) groups excluding carboxylic acids is 1. The SMILES string of the molecule is CCOC(=O)c1c(Br)nn(C)c1N1CCN2CCCC2C1. The standard InChI is InChI=1S/C14H21BrN4O2/c1-3-21-14(20)11-12(15)16-17(2)13(11)19-8-7-18-6-4-5-10(18)9-19/h10H,3-9H2,1-2H3. The summed E-state index contributed by atoms with van der Waals surface area (Å²) in [5.41, 5.74) is 0.547. The molecule has 0 aromatic carbocycles. The molecule has 1 aromatic rings. The van der Waals surface area contributed by atoms with Crippen molar-refractivity contribution in [2.45, 2.75) is 25.8 Å². The van der Waals surface area contributed by atoms with Crippen molar-refractivity contribution in [2.75, 3.05) is 37.7 Å². The van der Waals surface area contributed by atoms with E-state index in [1.54, 1.807) is 4.68 Å². The van der Waals surface area contributed by atoms with E-state index in [-0.39, 0.29) is 5.97 Å². The van der Waals surface area contributed by atoms with E-state index in [1.165, 1.54) is 19.4 Å². The highest BCUT2D eigenvalue weighted by molar-refractivity contribution is 9.10. The van der Waals surface area contributed by atoms with E-state index in [2.05, 4.69) is 30.8 Å². The third-order valence-electron chi connectivity index (χ3n) is 4.34. The van der Waals surface area contributed by atoms with Crippen LogP contribution in [0.15, 0.2) is 4.60 Å². The maximum absolute atomic E-state index is 12.2. The Morgan fingerprint density at radius 3 is 3.00 bits per heavy atom.